The van der Waals surface area contributed by atoms with Gasteiger partial charge in [-0.25, -0.2) is 9.67 Å². The van der Waals surface area contributed by atoms with Gasteiger partial charge in [0.2, 0.25) is 0 Å². The molecule has 6 nitrogen and oxygen atoms in total. The summed E-state index contributed by atoms with van der Waals surface area (Å²) in [6.45, 7) is 0. The van der Waals surface area contributed by atoms with Crippen LogP contribution in [-0.2, 0) is 4.79 Å². The van der Waals surface area contributed by atoms with Crippen LogP contribution in [0.15, 0.2) is 67.3 Å². The number of benzene rings is 2. The van der Waals surface area contributed by atoms with E-state index in [0.717, 1.165) is 0 Å². The molecule has 0 saturated carbocycles. The van der Waals surface area contributed by atoms with Crippen LogP contribution in [0.4, 0.5) is 5.69 Å². The third-order valence-corrected chi connectivity index (χ3v) is 3.26. The minimum absolute atomic E-state index is 0.364. The smallest absolute Gasteiger partial charge is 0.288 e. The van der Waals surface area contributed by atoms with Crippen molar-refractivity contribution < 1.29 is 9.53 Å². The molecule has 0 saturated heterocycles. The van der Waals surface area contributed by atoms with Crippen LogP contribution in [0, 0.1) is 0 Å². The first-order valence-electron chi connectivity index (χ1n) is 6.84. The highest BCUT2D eigenvalue weighted by molar-refractivity contribution is 6.30. The minimum atomic E-state index is -0.987. The normalized spacial score (nSPS) is 11.7. The molecule has 1 N–H and O–H groups in total. The van der Waals surface area contributed by atoms with Crippen LogP contribution in [0.1, 0.15) is 6.23 Å². The van der Waals surface area contributed by atoms with Crippen molar-refractivity contribution in [1.29, 1.82) is 0 Å². The van der Waals surface area contributed by atoms with Crippen molar-refractivity contribution in [1.82, 2.24) is 14.8 Å². The minimum Gasteiger partial charge on any atom is -0.459 e. The fourth-order valence-corrected chi connectivity index (χ4v) is 2.06. The number of para-hydroxylation sites is 1. The first-order valence-corrected chi connectivity index (χ1v) is 7.22. The summed E-state index contributed by atoms with van der Waals surface area (Å²) in [5.74, 6) is 0.134. The number of halogens is 1. The van der Waals surface area contributed by atoms with Gasteiger partial charge in [0.05, 0.1) is 0 Å². The highest BCUT2D eigenvalue weighted by atomic mass is 35.5. The first kappa shape index (κ1) is 15.1. The Hall–Kier alpha value is -2.86. The first-order chi connectivity index (χ1) is 11.2. The molecule has 23 heavy (non-hydrogen) atoms. The van der Waals surface area contributed by atoms with Gasteiger partial charge in [-0.15, -0.1) is 0 Å². The van der Waals surface area contributed by atoms with Gasteiger partial charge in [-0.2, -0.15) is 5.10 Å². The SMILES string of the molecule is O=C(Nc1ccccc1)C(Oc1ccc(Cl)cc1)n1cncn1. The van der Waals surface area contributed by atoms with Crippen LogP contribution in [0.3, 0.4) is 0 Å². The third-order valence-electron chi connectivity index (χ3n) is 3.00. The molecule has 1 amide bonds. The van der Waals surface area contributed by atoms with E-state index in [4.69, 9.17) is 16.3 Å². The lowest BCUT2D eigenvalue weighted by Gasteiger charge is -2.18. The van der Waals surface area contributed by atoms with Gasteiger partial charge in [0.15, 0.2) is 0 Å². The van der Waals surface area contributed by atoms with E-state index in [1.165, 1.54) is 17.3 Å². The maximum Gasteiger partial charge on any atom is 0.288 e. The van der Waals surface area contributed by atoms with Gasteiger partial charge < -0.3 is 10.1 Å². The standard InChI is InChI=1S/C16H13ClN4O2/c17-12-6-8-14(9-7-12)23-16(21-11-18-10-19-21)15(22)20-13-4-2-1-3-5-13/h1-11,16H,(H,20,22). The van der Waals surface area contributed by atoms with Crippen LogP contribution in [0.5, 0.6) is 5.75 Å². The van der Waals surface area contributed by atoms with Crippen molar-refractivity contribution in [3.05, 3.63) is 72.3 Å². The Morgan fingerprint density at radius 1 is 1.13 bits per heavy atom. The molecule has 3 rings (SSSR count). The summed E-state index contributed by atoms with van der Waals surface area (Å²) in [7, 11) is 0. The lowest BCUT2D eigenvalue weighted by Crippen LogP contribution is -2.30. The second kappa shape index (κ2) is 6.93. The van der Waals surface area contributed by atoms with Crippen LogP contribution in [0.2, 0.25) is 5.02 Å². The van der Waals surface area contributed by atoms with E-state index in [1.54, 1.807) is 36.4 Å². The highest BCUT2D eigenvalue weighted by Gasteiger charge is 2.23. The molecule has 0 fully saturated rings. The molecule has 1 atom stereocenters. The highest BCUT2D eigenvalue weighted by Crippen LogP contribution is 2.21. The molecule has 0 aliphatic rings. The number of nitrogens with zero attached hydrogens (tertiary/aromatic N) is 3. The number of hydrogen-bond acceptors (Lipinski definition) is 4. The topological polar surface area (TPSA) is 69.0 Å². The molecule has 0 bridgehead atoms. The lowest BCUT2D eigenvalue weighted by atomic mass is 10.3. The largest absolute Gasteiger partial charge is 0.459 e. The van der Waals surface area contributed by atoms with Gasteiger partial charge in [0.25, 0.3) is 12.1 Å². The molecule has 0 aliphatic carbocycles. The Bertz CT molecular complexity index is 761. The summed E-state index contributed by atoms with van der Waals surface area (Å²) < 4.78 is 7.08. The zero-order valence-electron chi connectivity index (χ0n) is 12.0. The zero-order valence-corrected chi connectivity index (χ0v) is 12.7. The van der Waals surface area contributed by atoms with E-state index >= 15 is 0 Å². The van der Waals surface area contributed by atoms with E-state index < -0.39 is 6.23 Å². The monoisotopic (exact) mass is 328 g/mol. The number of hydrogen-bond donors (Lipinski definition) is 1. The van der Waals surface area contributed by atoms with Gasteiger partial charge >= 0.3 is 0 Å². The maximum absolute atomic E-state index is 12.5. The lowest BCUT2D eigenvalue weighted by molar-refractivity contribution is -0.127. The summed E-state index contributed by atoms with van der Waals surface area (Å²) >= 11 is 5.86. The van der Waals surface area contributed by atoms with E-state index in [0.29, 0.717) is 16.5 Å². The molecule has 7 heteroatoms. The van der Waals surface area contributed by atoms with E-state index in [2.05, 4.69) is 15.4 Å². The predicted molar refractivity (Wildman–Crippen MR) is 86.2 cm³/mol. The molecule has 0 radical (unpaired) electrons. The molecule has 1 unspecified atom stereocenters. The number of carbonyl (C=O) groups is 1. The van der Waals surface area contributed by atoms with Crippen LogP contribution >= 0.6 is 11.6 Å². The fraction of sp³-hybridized carbons (Fsp3) is 0.0625. The number of rotatable bonds is 5. The molecule has 3 aromatic rings. The number of ether oxygens (including phenoxy) is 1. The second-order valence-electron chi connectivity index (χ2n) is 4.65. The summed E-state index contributed by atoms with van der Waals surface area (Å²) in [4.78, 5) is 16.4. The summed E-state index contributed by atoms with van der Waals surface area (Å²) in [5.41, 5.74) is 0.669. The van der Waals surface area contributed by atoms with Gasteiger partial charge in [0.1, 0.15) is 18.4 Å². The number of amides is 1. The predicted octanol–water partition coefficient (Wildman–Crippen LogP) is 3.15. The molecule has 0 spiro atoms. The molecule has 116 valence electrons. The number of nitrogens with one attached hydrogen (secondary N) is 1. The van der Waals surface area contributed by atoms with E-state index in [1.807, 2.05) is 18.2 Å². The Kier molecular flexibility index (Phi) is 4.54. The second-order valence-corrected chi connectivity index (χ2v) is 5.09. The van der Waals surface area contributed by atoms with Crippen molar-refractivity contribution in [2.45, 2.75) is 6.23 Å². The van der Waals surface area contributed by atoms with Crippen LogP contribution < -0.4 is 10.1 Å². The van der Waals surface area contributed by atoms with Crippen LogP contribution in [0.25, 0.3) is 0 Å². The third kappa shape index (κ3) is 3.87. The summed E-state index contributed by atoms with van der Waals surface area (Å²) in [6, 6.07) is 15.9. The Morgan fingerprint density at radius 3 is 2.52 bits per heavy atom. The summed E-state index contributed by atoms with van der Waals surface area (Å²) in [6.07, 6.45) is 1.78. The van der Waals surface area contributed by atoms with Crippen molar-refractivity contribution in [3.8, 4) is 5.75 Å². The molecule has 0 aliphatic heterocycles. The number of carbonyl (C=O) groups excluding carboxylic acids is 1. The van der Waals surface area contributed by atoms with Crippen molar-refractivity contribution >= 4 is 23.2 Å². The van der Waals surface area contributed by atoms with Gasteiger partial charge in [-0.1, -0.05) is 29.8 Å². The molecular formula is C16H13ClN4O2. The number of anilines is 1. The van der Waals surface area contributed by atoms with Crippen LogP contribution in [-0.4, -0.2) is 20.7 Å². The molecule has 1 heterocycles. The maximum atomic E-state index is 12.5. The van der Waals surface area contributed by atoms with Gasteiger partial charge in [-0.05, 0) is 36.4 Å². The van der Waals surface area contributed by atoms with E-state index in [9.17, 15) is 4.79 Å². The van der Waals surface area contributed by atoms with E-state index in [-0.39, 0.29) is 5.91 Å². The quantitative estimate of drug-likeness (QED) is 0.781. The van der Waals surface area contributed by atoms with Gasteiger partial charge in [-0.3, -0.25) is 4.79 Å². The Morgan fingerprint density at radius 2 is 1.87 bits per heavy atom. The zero-order chi connectivity index (χ0) is 16.1. The average Bonchev–Trinajstić information content (AvgIpc) is 3.09. The number of aromatic nitrogens is 3. The Labute approximate surface area is 137 Å². The molecule has 1 aromatic heterocycles. The molecular weight excluding hydrogens is 316 g/mol. The fourth-order valence-electron chi connectivity index (χ4n) is 1.93. The Balaban J connectivity index is 1.81. The van der Waals surface area contributed by atoms with Crippen molar-refractivity contribution in [2.24, 2.45) is 0 Å². The van der Waals surface area contributed by atoms with Crippen molar-refractivity contribution in [3.63, 3.8) is 0 Å². The summed E-state index contributed by atoms with van der Waals surface area (Å²) in [5, 5.41) is 7.36. The van der Waals surface area contributed by atoms with Gasteiger partial charge in [0, 0.05) is 10.7 Å². The molecule has 2 aromatic carbocycles. The van der Waals surface area contributed by atoms with Crippen molar-refractivity contribution in [2.75, 3.05) is 5.32 Å². The average molecular weight is 329 g/mol.